The molecule has 0 saturated carbocycles. The molecule has 0 atom stereocenters. The number of carbonyl (C=O) groups is 2. The zero-order valence-electron chi connectivity index (χ0n) is 26.3. The number of hydrogen-bond donors (Lipinski definition) is 0. The van der Waals surface area contributed by atoms with Gasteiger partial charge in [-0.05, 0) is 81.9 Å². The fraction of sp³-hybridized carbons (Fsp3) is 0.351. The summed E-state index contributed by atoms with van der Waals surface area (Å²) in [4.78, 5) is 30.6. The van der Waals surface area contributed by atoms with Crippen molar-refractivity contribution < 1.29 is 22.2 Å². The number of hydrogen-bond acceptors (Lipinski definition) is 6. The summed E-state index contributed by atoms with van der Waals surface area (Å²) in [5.74, 6) is -0.316. The van der Waals surface area contributed by atoms with E-state index >= 15 is 0 Å². The van der Waals surface area contributed by atoms with Gasteiger partial charge >= 0.3 is 10.1 Å². The molecule has 3 aliphatic rings. The molecule has 8 heteroatoms. The summed E-state index contributed by atoms with van der Waals surface area (Å²) in [6.45, 7) is 11.0. The van der Waals surface area contributed by atoms with Crippen molar-refractivity contribution in [1.82, 2.24) is 4.90 Å². The van der Waals surface area contributed by atoms with E-state index in [-0.39, 0.29) is 33.0 Å². The molecule has 0 fully saturated rings. The van der Waals surface area contributed by atoms with Crippen molar-refractivity contribution >= 4 is 37.6 Å². The van der Waals surface area contributed by atoms with Crippen LogP contribution in [0.5, 0.6) is 5.75 Å². The van der Waals surface area contributed by atoms with E-state index in [2.05, 4.69) is 60.7 Å². The molecule has 0 bridgehead atoms. The fourth-order valence-electron chi connectivity index (χ4n) is 6.97. The lowest BCUT2D eigenvalue weighted by atomic mass is 9.63. The predicted octanol–water partition coefficient (Wildman–Crippen LogP) is 8.41. The van der Waals surface area contributed by atoms with Gasteiger partial charge in [-0.1, -0.05) is 81.8 Å². The van der Waals surface area contributed by atoms with Crippen LogP contribution in [0.3, 0.4) is 0 Å². The largest absolute Gasteiger partial charge is 0.378 e. The van der Waals surface area contributed by atoms with Crippen molar-refractivity contribution in [3.63, 3.8) is 0 Å². The lowest BCUT2D eigenvalue weighted by Crippen LogP contribution is -2.44. The molecule has 0 spiro atoms. The molecule has 0 saturated heterocycles. The second-order valence-electron chi connectivity index (χ2n) is 14.1. The molecule has 3 aromatic rings. The highest BCUT2D eigenvalue weighted by atomic mass is 79.9. The first kappa shape index (κ1) is 31.5. The lowest BCUT2D eigenvalue weighted by molar-refractivity contribution is -0.119. The Hall–Kier alpha value is -3.49. The van der Waals surface area contributed by atoms with Gasteiger partial charge in [0.2, 0.25) is 0 Å². The van der Waals surface area contributed by atoms with E-state index in [1.165, 1.54) is 12.1 Å². The first-order valence-electron chi connectivity index (χ1n) is 15.3. The van der Waals surface area contributed by atoms with Gasteiger partial charge in [0.15, 0.2) is 17.3 Å². The van der Waals surface area contributed by atoms with Crippen LogP contribution in [-0.2, 0) is 26.3 Å². The summed E-state index contributed by atoms with van der Waals surface area (Å²) in [5.41, 5.74) is 5.64. The first-order valence-corrected chi connectivity index (χ1v) is 17.5. The number of rotatable bonds is 6. The third-order valence-corrected chi connectivity index (χ3v) is 10.9. The number of allylic oxidation sites excluding steroid dienone is 4. The van der Waals surface area contributed by atoms with Crippen LogP contribution in [0, 0.1) is 17.8 Å². The predicted molar refractivity (Wildman–Crippen MR) is 178 cm³/mol. The quantitative estimate of drug-likeness (QED) is 0.242. The van der Waals surface area contributed by atoms with Crippen LogP contribution in [0.1, 0.15) is 76.0 Å². The Morgan fingerprint density at radius 3 is 1.89 bits per heavy atom. The molecule has 1 heterocycles. The Morgan fingerprint density at radius 2 is 1.36 bits per heavy atom. The summed E-state index contributed by atoms with van der Waals surface area (Å²) in [7, 11) is -4.07. The molecule has 6 nitrogen and oxygen atoms in total. The second kappa shape index (κ2) is 11.4. The fourth-order valence-corrected chi connectivity index (χ4v) is 8.51. The molecule has 0 radical (unpaired) electrons. The van der Waals surface area contributed by atoms with Gasteiger partial charge in [-0.2, -0.15) is 8.42 Å². The Kier molecular flexibility index (Phi) is 7.97. The maximum absolute atomic E-state index is 14.1. The molecule has 234 valence electrons. The number of nitrogens with zero attached hydrogens (tertiary/aromatic N) is 1. The summed E-state index contributed by atoms with van der Waals surface area (Å²) in [6.07, 6.45) is 2.20. The van der Waals surface area contributed by atoms with Gasteiger partial charge in [-0.15, -0.1) is 0 Å². The number of benzene rings is 3. The maximum atomic E-state index is 14.1. The van der Waals surface area contributed by atoms with Crippen molar-refractivity contribution in [2.75, 3.05) is 0 Å². The summed E-state index contributed by atoms with van der Waals surface area (Å²) < 4.78 is 32.1. The van der Waals surface area contributed by atoms with Crippen LogP contribution in [0.25, 0.3) is 0 Å². The van der Waals surface area contributed by atoms with Crippen molar-refractivity contribution in [2.24, 2.45) is 10.8 Å². The number of aryl methyl sites for hydroxylation is 1. The van der Waals surface area contributed by atoms with Gasteiger partial charge in [-0.25, -0.2) is 0 Å². The van der Waals surface area contributed by atoms with Gasteiger partial charge in [0.05, 0.1) is 4.47 Å². The van der Waals surface area contributed by atoms with E-state index in [0.717, 1.165) is 28.1 Å². The first-order chi connectivity index (χ1) is 21.1. The third kappa shape index (κ3) is 6.19. The molecular weight excluding hydrogens is 650 g/mol. The zero-order valence-corrected chi connectivity index (χ0v) is 28.7. The lowest BCUT2D eigenvalue weighted by Gasteiger charge is -2.49. The number of Topliss-reactive ketones (excluding diaryl/α,β-unsaturated/α-hetero) is 2. The highest BCUT2D eigenvalue weighted by Crippen LogP contribution is 2.55. The molecule has 0 unspecified atom stereocenters. The Labute approximate surface area is 274 Å². The summed E-state index contributed by atoms with van der Waals surface area (Å²) >= 11 is 3.55. The minimum atomic E-state index is -4.07. The third-order valence-electron chi connectivity index (χ3n) is 9.00. The smallest absolute Gasteiger partial charge is 0.339 e. The van der Waals surface area contributed by atoms with Crippen molar-refractivity contribution in [1.29, 1.82) is 0 Å². The molecule has 45 heavy (non-hydrogen) atoms. The standard InChI is InChI=1S/C37H38BrNO5S/c1-23-11-14-26(15-12-23)45(42,43)44-32-16-13-25(17-27(32)38)33-34-28(18-36(2,3)20-30(34)40)39(22-24-9-7-6-8-10-24)29-19-37(4,5)21-31(41)35(29)33/h6-17,33H,18-22H2,1-5H3. The van der Waals surface area contributed by atoms with E-state index < -0.39 is 16.0 Å². The van der Waals surface area contributed by atoms with E-state index in [4.69, 9.17) is 4.18 Å². The molecule has 6 rings (SSSR count). The van der Waals surface area contributed by atoms with Crippen LogP contribution in [0.15, 0.2) is 105 Å². The van der Waals surface area contributed by atoms with Crippen molar-refractivity contribution in [3.8, 4) is 5.75 Å². The summed E-state index contributed by atoms with van der Waals surface area (Å²) in [5, 5.41) is 0. The van der Waals surface area contributed by atoms with Crippen LogP contribution < -0.4 is 4.18 Å². The maximum Gasteiger partial charge on any atom is 0.339 e. The topological polar surface area (TPSA) is 80.8 Å². The van der Waals surface area contributed by atoms with Crippen LogP contribution in [0.2, 0.25) is 0 Å². The van der Waals surface area contributed by atoms with Gasteiger partial charge in [0.25, 0.3) is 0 Å². The molecule has 3 aromatic carbocycles. The molecule has 1 aliphatic heterocycles. The molecular formula is C37H38BrNO5S. The van der Waals surface area contributed by atoms with Gasteiger partial charge in [-0.3, -0.25) is 9.59 Å². The Morgan fingerprint density at radius 1 is 0.800 bits per heavy atom. The zero-order chi connectivity index (χ0) is 32.3. The minimum absolute atomic E-state index is 0.0480. The van der Waals surface area contributed by atoms with Gasteiger partial charge < -0.3 is 9.08 Å². The number of carbonyl (C=O) groups excluding carboxylic acids is 2. The van der Waals surface area contributed by atoms with E-state index in [1.807, 2.05) is 25.1 Å². The molecule has 2 aliphatic carbocycles. The van der Waals surface area contributed by atoms with E-state index in [1.54, 1.807) is 30.3 Å². The monoisotopic (exact) mass is 687 g/mol. The highest BCUT2D eigenvalue weighted by Gasteiger charge is 2.49. The second-order valence-corrected chi connectivity index (χ2v) is 16.5. The number of ketones is 2. The Bertz CT molecular complexity index is 1820. The average Bonchev–Trinajstić information content (AvgIpc) is 2.94. The van der Waals surface area contributed by atoms with Gasteiger partial charge in [0.1, 0.15) is 4.90 Å². The summed E-state index contributed by atoms with van der Waals surface area (Å²) in [6, 6.07) is 21.9. The number of halogens is 1. The highest BCUT2D eigenvalue weighted by molar-refractivity contribution is 9.10. The van der Waals surface area contributed by atoms with Crippen LogP contribution in [0.4, 0.5) is 0 Å². The normalized spacial score (nSPS) is 19.8. The Balaban J connectivity index is 1.48. The van der Waals surface area contributed by atoms with E-state index in [9.17, 15) is 18.0 Å². The SMILES string of the molecule is Cc1ccc(S(=O)(=O)Oc2ccc(C3C4=C(CC(C)(C)CC4=O)N(Cc4ccccc4)C4=C3C(=O)CC(C)(C)C4)cc2Br)cc1. The minimum Gasteiger partial charge on any atom is -0.378 e. The van der Waals surface area contributed by atoms with Crippen molar-refractivity contribution in [3.05, 3.63) is 116 Å². The molecule has 0 amide bonds. The van der Waals surface area contributed by atoms with Crippen LogP contribution >= 0.6 is 15.9 Å². The average molecular weight is 689 g/mol. The van der Waals surface area contributed by atoms with Crippen LogP contribution in [-0.4, -0.2) is 24.9 Å². The van der Waals surface area contributed by atoms with Gasteiger partial charge in [0, 0.05) is 47.8 Å². The van der Waals surface area contributed by atoms with Crippen molar-refractivity contribution in [2.45, 2.75) is 77.7 Å². The van der Waals surface area contributed by atoms with E-state index in [0.29, 0.717) is 47.8 Å². The molecule has 0 aromatic heterocycles. The molecule has 0 N–H and O–H groups in total.